The highest BCUT2D eigenvalue weighted by atomic mass is 16.5. The van der Waals surface area contributed by atoms with Crippen molar-refractivity contribution in [3.8, 4) is 11.5 Å². The zero-order valence-corrected chi connectivity index (χ0v) is 11.3. The molecule has 1 aromatic rings. The minimum absolute atomic E-state index is 0.0188. The molecule has 2 N–H and O–H groups in total. The maximum Gasteiger partial charge on any atom is 0.321 e. The Morgan fingerprint density at radius 1 is 1.30 bits per heavy atom. The number of hydrogen-bond acceptors (Lipinski definition) is 5. The summed E-state index contributed by atoms with van der Waals surface area (Å²) in [7, 11) is 1.40. The molecule has 108 valence electrons. The summed E-state index contributed by atoms with van der Waals surface area (Å²) in [5.41, 5.74) is 0.709. The van der Waals surface area contributed by atoms with Crippen molar-refractivity contribution in [2.75, 3.05) is 7.11 Å². The Kier molecular flexibility index (Phi) is 5.25. The van der Waals surface area contributed by atoms with Crippen LogP contribution in [0, 0.1) is 5.92 Å². The van der Waals surface area contributed by atoms with Crippen molar-refractivity contribution in [2.45, 2.75) is 19.8 Å². The van der Waals surface area contributed by atoms with Crippen LogP contribution in [-0.4, -0.2) is 34.9 Å². The normalized spacial score (nSPS) is 11.7. The summed E-state index contributed by atoms with van der Waals surface area (Å²) in [4.78, 5) is 33.7. The zero-order chi connectivity index (χ0) is 15.3. The highest BCUT2D eigenvalue weighted by Crippen LogP contribution is 2.26. The van der Waals surface area contributed by atoms with E-state index < -0.39 is 23.5 Å². The van der Waals surface area contributed by atoms with Crippen molar-refractivity contribution in [2.24, 2.45) is 5.92 Å². The third-order valence-corrected chi connectivity index (χ3v) is 2.88. The van der Waals surface area contributed by atoms with E-state index in [0.29, 0.717) is 5.56 Å². The first-order valence-corrected chi connectivity index (χ1v) is 5.98. The second-order valence-electron chi connectivity index (χ2n) is 4.35. The lowest BCUT2D eigenvalue weighted by Crippen LogP contribution is -2.30. The number of carboxylic acids is 1. The lowest BCUT2D eigenvalue weighted by atomic mass is 9.95. The number of aryl methyl sites for hydroxylation is 1. The smallest absolute Gasteiger partial charge is 0.321 e. The number of hydrogen-bond donors (Lipinski definition) is 2. The second kappa shape index (κ2) is 6.70. The van der Waals surface area contributed by atoms with E-state index in [1.54, 1.807) is 12.1 Å². The highest BCUT2D eigenvalue weighted by molar-refractivity contribution is 6.16. The van der Waals surface area contributed by atoms with Gasteiger partial charge in [-0.3, -0.25) is 14.4 Å². The molecule has 1 aromatic carbocycles. The van der Waals surface area contributed by atoms with Gasteiger partial charge in [-0.25, -0.2) is 0 Å². The first kappa shape index (κ1) is 15.7. The van der Waals surface area contributed by atoms with Crippen molar-refractivity contribution in [3.05, 3.63) is 23.8 Å². The van der Waals surface area contributed by atoms with Gasteiger partial charge in [0, 0.05) is 6.42 Å². The molecule has 0 saturated heterocycles. The number of aliphatic carboxylic acids is 1. The lowest BCUT2D eigenvalue weighted by molar-refractivity contribution is -0.149. The fourth-order valence-electron chi connectivity index (χ4n) is 1.83. The molecule has 20 heavy (non-hydrogen) atoms. The summed E-state index contributed by atoms with van der Waals surface area (Å²) in [6, 6.07) is 4.60. The molecule has 6 heteroatoms. The first-order chi connectivity index (χ1) is 9.36. The minimum atomic E-state index is -1.60. The average Bonchev–Trinajstić information content (AvgIpc) is 2.36. The molecule has 0 bridgehead atoms. The molecule has 1 atom stereocenters. The van der Waals surface area contributed by atoms with Gasteiger partial charge in [0.1, 0.15) is 0 Å². The number of benzene rings is 1. The Morgan fingerprint density at radius 3 is 2.45 bits per heavy atom. The van der Waals surface area contributed by atoms with Gasteiger partial charge in [-0.1, -0.05) is 6.07 Å². The van der Waals surface area contributed by atoms with Crippen molar-refractivity contribution in [3.63, 3.8) is 0 Å². The number of ketones is 2. The van der Waals surface area contributed by atoms with Crippen LogP contribution < -0.4 is 4.74 Å². The first-order valence-electron chi connectivity index (χ1n) is 5.98. The number of Topliss-reactive ketones (excluding diaryl/α,β-unsaturated/α-hetero) is 2. The van der Waals surface area contributed by atoms with E-state index in [0.717, 1.165) is 6.92 Å². The van der Waals surface area contributed by atoms with Crippen molar-refractivity contribution < 1.29 is 29.3 Å². The molecule has 0 aromatic heterocycles. The molecule has 1 unspecified atom stereocenters. The van der Waals surface area contributed by atoms with Gasteiger partial charge in [-0.2, -0.15) is 0 Å². The molecule has 6 nitrogen and oxygen atoms in total. The monoisotopic (exact) mass is 280 g/mol. The number of rotatable bonds is 7. The fourth-order valence-corrected chi connectivity index (χ4v) is 1.83. The lowest BCUT2D eigenvalue weighted by Gasteiger charge is -2.09. The highest BCUT2D eigenvalue weighted by Gasteiger charge is 2.30. The number of phenolic OH excluding ortho intramolecular Hbond substituents is 1. The number of carboxylic acid groups (broad SMARTS) is 1. The Morgan fingerprint density at radius 2 is 1.95 bits per heavy atom. The summed E-state index contributed by atoms with van der Waals surface area (Å²) in [5, 5.41) is 18.3. The van der Waals surface area contributed by atoms with Crippen LogP contribution in [-0.2, 0) is 20.8 Å². The number of phenols is 1. The maximum absolute atomic E-state index is 11.7. The summed E-state index contributed by atoms with van der Waals surface area (Å²) in [6.07, 6.45) is 0.205. The van der Waals surface area contributed by atoms with Crippen LogP contribution in [0.3, 0.4) is 0 Å². The molecule has 1 rings (SSSR count). The van der Waals surface area contributed by atoms with Crippen LogP contribution >= 0.6 is 0 Å². The van der Waals surface area contributed by atoms with Gasteiger partial charge in [-0.15, -0.1) is 0 Å². The van der Waals surface area contributed by atoms with Crippen molar-refractivity contribution in [1.82, 2.24) is 0 Å². The molecular weight excluding hydrogens is 264 g/mol. The molecule has 0 amide bonds. The SMILES string of the molecule is COc1cc(CCC(=O)C(C(C)=O)C(=O)O)ccc1O. The van der Waals surface area contributed by atoms with E-state index in [1.165, 1.54) is 13.2 Å². The molecule has 0 heterocycles. The van der Waals surface area contributed by atoms with Crippen LogP contribution in [0.4, 0.5) is 0 Å². The summed E-state index contributed by atoms with van der Waals surface area (Å²) >= 11 is 0. The van der Waals surface area contributed by atoms with Gasteiger partial charge in [0.05, 0.1) is 7.11 Å². The maximum atomic E-state index is 11.7. The van der Waals surface area contributed by atoms with E-state index in [4.69, 9.17) is 9.84 Å². The molecule has 0 saturated carbocycles. The second-order valence-corrected chi connectivity index (χ2v) is 4.35. The molecule has 0 aliphatic carbocycles. The van der Waals surface area contributed by atoms with Crippen LogP contribution in [0.1, 0.15) is 18.9 Å². The Balaban J connectivity index is 2.74. The van der Waals surface area contributed by atoms with Gasteiger partial charge in [-0.05, 0) is 31.0 Å². The number of aromatic hydroxyl groups is 1. The van der Waals surface area contributed by atoms with Crippen molar-refractivity contribution in [1.29, 1.82) is 0 Å². The van der Waals surface area contributed by atoms with Gasteiger partial charge < -0.3 is 14.9 Å². The number of methoxy groups -OCH3 is 1. The topological polar surface area (TPSA) is 101 Å². The van der Waals surface area contributed by atoms with E-state index in [-0.39, 0.29) is 24.3 Å². The largest absolute Gasteiger partial charge is 0.504 e. The summed E-state index contributed by atoms with van der Waals surface area (Å²) in [6.45, 7) is 1.08. The quantitative estimate of drug-likeness (QED) is 0.728. The van der Waals surface area contributed by atoms with E-state index in [1.807, 2.05) is 0 Å². The third kappa shape index (κ3) is 3.81. The molecule has 0 aliphatic heterocycles. The summed E-state index contributed by atoms with van der Waals surface area (Å²) in [5.74, 6) is -4.08. The van der Waals surface area contributed by atoms with E-state index in [9.17, 15) is 19.5 Å². The molecule has 0 fully saturated rings. The van der Waals surface area contributed by atoms with Gasteiger partial charge in [0.25, 0.3) is 0 Å². The Bertz CT molecular complexity index is 520. The van der Waals surface area contributed by atoms with Crippen LogP contribution in [0.15, 0.2) is 18.2 Å². The molecule has 0 radical (unpaired) electrons. The molecule has 0 aliphatic rings. The molecular formula is C14H16O6. The predicted molar refractivity (Wildman–Crippen MR) is 69.8 cm³/mol. The van der Waals surface area contributed by atoms with Gasteiger partial charge in [0.2, 0.25) is 0 Å². The zero-order valence-electron chi connectivity index (χ0n) is 11.3. The average molecular weight is 280 g/mol. The Labute approximate surface area is 116 Å². The standard InChI is InChI=1S/C14H16O6/c1-8(15)13(14(18)19)11(17)6-4-9-3-5-10(16)12(7-9)20-2/h3,5,7,13,16H,4,6H2,1-2H3,(H,18,19). The number of carbonyl (C=O) groups excluding carboxylic acids is 2. The predicted octanol–water partition coefficient (Wildman–Crippen LogP) is 1.19. The minimum Gasteiger partial charge on any atom is -0.504 e. The van der Waals surface area contributed by atoms with Crippen molar-refractivity contribution >= 4 is 17.5 Å². The van der Waals surface area contributed by atoms with Gasteiger partial charge >= 0.3 is 5.97 Å². The number of ether oxygens (including phenoxy) is 1. The molecule has 0 spiro atoms. The number of carbonyl (C=O) groups is 3. The van der Waals surface area contributed by atoms with Crippen LogP contribution in [0.25, 0.3) is 0 Å². The summed E-state index contributed by atoms with van der Waals surface area (Å²) < 4.78 is 4.93. The van der Waals surface area contributed by atoms with Gasteiger partial charge in [0.15, 0.2) is 29.0 Å². The third-order valence-electron chi connectivity index (χ3n) is 2.88. The Hall–Kier alpha value is -2.37. The van der Waals surface area contributed by atoms with Crippen LogP contribution in [0.2, 0.25) is 0 Å². The fraction of sp³-hybridized carbons (Fsp3) is 0.357. The van der Waals surface area contributed by atoms with E-state index >= 15 is 0 Å². The van der Waals surface area contributed by atoms with Crippen LogP contribution in [0.5, 0.6) is 11.5 Å². The van der Waals surface area contributed by atoms with E-state index in [2.05, 4.69) is 0 Å².